The predicted octanol–water partition coefficient (Wildman–Crippen LogP) is 2.40. The van der Waals surface area contributed by atoms with Crippen LogP contribution in [-0.4, -0.2) is 25.0 Å². The topological polar surface area (TPSA) is 55.8 Å². The Bertz CT molecular complexity index is 424. The maximum absolute atomic E-state index is 11.1. The van der Waals surface area contributed by atoms with E-state index in [9.17, 15) is 4.79 Å². The van der Waals surface area contributed by atoms with Gasteiger partial charge in [-0.15, -0.1) is 6.58 Å². The average Bonchev–Trinajstić information content (AvgIpc) is 2.29. The lowest BCUT2D eigenvalue weighted by molar-refractivity contribution is 0.0477. The Morgan fingerprint density at radius 1 is 1.53 bits per heavy atom. The van der Waals surface area contributed by atoms with Crippen molar-refractivity contribution in [2.24, 2.45) is 0 Å². The zero-order valence-electron chi connectivity index (χ0n) is 10.0. The number of rotatable bonds is 6. The molecule has 0 saturated heterocycles. The molecule has 0 aliphatic carbocycles. The molecule has 0 saturated carbocycles. The van der Waals surface area contributed by atoms with Crippen molar-refractivity contribution in [1.82, 2.24) is 0 Å². The van der Waals surface area contributed by atoms with Crippen LogP contribution in [-0.2, 0) is 11.2 Å². The SMILES string of the molecule is C=CCc1c(C)ccc(C(=O)O)c1OCOC. The Hall–Kier alpha value is -1.81. The molecular formula is C13H16O4. The van der Waals surface area contributed by atoms with Crippen molar-refractivity contribution in [3.05, 3.63) is 41.5 Å². The summed E-state index contributed by atoms with van der Waals surface area (Å²) in [6.45, 7) is 5.59. The van der Waals surface area contributed by atoms with Crippen molar-refractivity contribution in [3.63, 3.8) is 0 Å². The summed E-state index contributed by atoms with van der Waals surface area (Å²) in [6, 6.07) is 3.30. The minimum Gasteiger partial charge on any atom is -0.478 e. The van der Waals surface area contributed by atoms with Crippen molar-refractivity contribution in [1.29, 1.82) is 0 Å². The van der Waals surface area contributed by atoms with E-state index in [-0.39, 0.29) is 12.4 Å². The lowest BCUT2D eigenvalue weighted by Crippen LogP contribution is -2.09. The molecule has 0 heterocycles. The van der Waals surface area contributed by atoms with Gasteiger partial charge in [0.1, 0.15) is 11.3 Å². The highest BCUT2D eigenvalue weighted by Crippen LogP contribution is 2.28. The first-order chi connectivity index (χ1) is 8.11. The standard InChI is InChI=1S/C13H16O4/c1-4-5-10-9(2)6-7-11(13(14)15)12(10)17-8-16-3/h4,6-7H,1,5,8H2,2-3H3,(H,14,15). The second-order valence-corrected chi connectivity index (χ2v) is 3.59. The number of hydrogen-bond donors (Lipinski definition) is 1. The molecule has 1 aromatic carbocycles. The fourth-order valence-electron chi connectivity index (χ4n) is 1.58. The van der Waals surface area contributed by atoms with E-state index in [1.54, 1.807) is 12.1 Å². The van der Waals surface area contributed by atoms with Crippen LogP contribution in [0.4, 0.5) is 0 Å². The average molecular weight is 236 g/mol. The first-order valence-corrected chi connectivity index (χ1v) is 5.20. The third-order valence-corrected chi connectivity index (χ3v) is 2.39. The minimum absolute atomic E-state index is 0.0217. The number of aryl methyl sites for hydroxylation is 1. The normalized spacial score (nSPS) is 10.0. The molecule has 0 aliphatic rings. The van der Waals surface area contributed by atoms with Gasteiger partial charge in [0.2, 0.25) is 0 Å². The first kappa shape index (κ1) is 13.3. The van der Waals surface area contributed by atoms with Gasteiger partial charge in [-0.2, -0.15) is 0 Å². The van der Waals surface area contributed by atoms with Gasteiger partial charge in [-0.1, -0.05) is 12.1 Å². The van der Waals surface area contributed by atoms with Gasteiger partial charge < -0.3 is 14.6 Å². The summed E-state index contributed by atoms with van der Waals surface area (Å²) in [5.74, 6) is -0.652. The van der Waals surface area contributed by atoms with Crippen molar-refractivity contribution in [2.75, 3.05) is 13.9 Å². The van der Waals surface area contributed by atoms with Crippen LogP contribution in [0.25, 0.3) is 0 Å². The van der Waals surface area contributed by atoms with Gasteiger partial charge in [0, 0.05) is 12.7 Å². The molecule has 1 rings (SSSR count). The third-order valence-electron chi connectivity index (χ3n) is 2.39. The monoisotopic (exact) mass is 236 g/mol. The summed E-state index contributed by atoms with van der Waals surface area (Å²) < 4.78 is 10.2. The number of allylic oxidation sites excluding steroid dienone is 1. The van der Waals surface area contributed by atoms with E-state index in [1.807, 2.05) is 6.92 Å². The molecule has 0 fully saturated rings. The third kappa shape index (κ3) is 3.07. The van der Waals surface area contributed by atoms with Crippen LogP contribution < -0.4 is 4.74 Å². The van der Waals surface area contributed by atoms with Crippen LogP contribution in [0, 0.1) is 6.92 Å². The summed E-state index contributed by atoms with van der Waals surface area (Å²) in [6.07, 6.45) is 2.28. The van der Waals surface area contributed by atoms with Gasteiger partial charge in [-0.3, -0.25) is 0 Å². The number of methoxy groups -OCH3 is 1. The quantitative estimate of drug-likeness (QED) is 0.608. The maximum atomic E-state index is 11.1. The zero-order chi connectivity index (χ0) is 12.8. The van der Waals surface area contributed by atoms with Crippen molar-refractivity contribution in [3.8, 4) is 5.75 Å². The summed E-state index contributed by atoms with van der Waals surface area (Å²) in [4.78, 5) is 11.1. The Morgan fingerprint density at radius 2 is 2.24 bits per heavy atom. The number of carboxylic acids is 1. The molecule has 4 nitrogen and oxygen atoms in total. The molecule has 0 aliphatic heterocycles. The van der Waals surface area contributed by atoms with Crippen LogP contribution in [0.5, 0.6) is 5.75 Å². The maximum Gasteiger partial charge on any atom is 0.339 e. The Balaban J connectivity index is 3.27. The number of carboxylic acid groups (broad SMARTS) is 1. The molecule has 0 unspecified atom stereocenters. The molecule has 4 heteroatoms. The van der Waals surface area contributed by atoms with Crippen molar-refractivity contribution < 1.29 is 19.4 Å². The molecule has 92 valence electrons. The van der Waals surface area contributed by atoms with Crippen LogP contribution >= 0.6 is 0 Å². The van der Waals surface area contributed by atoms with Gasteiger partial charge >= 0.3 is 5.97 Å². The van der Waals surface area contributed by atoms with Gasteiger partial charge in [0.05, 0.1) is 0 Å². The van der Waals surface area contributed by atoms with Crippen molar-refractivity contribution >= 4 is 5.97 Å². The minimum atomic E-state index is -1.01. The van der Waals surface area contributed by atoms with E-state index >= 15 is 0 Å². The molecule has 0 bridgehead atoms. The van der Waals surface area contributed by atoms with E-state index in [2.05, 4.69) is 6.58 Å². The van der Waals surface area contributed by atoms with Crippen LogP contribution in [0.3, 0.4) is 0 Å². The van der Waals surface area contributed by atoms with Crippen molar-refractivity contribution in [2.45, 2.75) is 13.3 Å². The molecule has 0 radical (unpaired) electrons. The summed E-state index contributed by atoms with van der Waals surface area (Å²) in [5.41, 5.74) is 1.95. The Labute approximate surface area is 100 Å². The van der Waals surface area contributed by atoms with E-state index < -0.39 is 5.97 Å². The van der Waals surface area contributed by atoms with E-state index in [0.717, 1.165) is 11.1 Å². The van der Waals surface area contributed by atoms with Gasteiger partial charge in [0.25, 0.3) is 0 Å². The predicted molar refractivity (Wildman–Crippen MR) is 64.5 cm³/mol. The lowest BCUT2D eigenvalue weighted by Gasteiger charge is -2.14. The summed E-state index contributed by atoms with van der Waals surface area (Å²) >= 11 is 0. The highest BCUT2D eigenvalue weighted by molar-refractivity contribution is 5.91. The van der Waals surface area contributed by atoms with Gasteiger partial charge in [-0.25, -0.2) is 4.79 Å². The number of aromatic carboxylic acids is 1. The summed E-state index contributed by atoms with van der Waals surface area (Å²) in [7, 11) is 1.49. The number of ether oxygens (including phenoxy) is 2. The zero-order valence-corrected chi connectivity index (χ0v) is 10.0. The molecule has 0 amide bonds. The molecule has 17 heavy (non-hydrogen) atoms. The van der Waals surface area contributed by atoms with Gasteiger partial charge in [-0.05, 0) is 25.0 Å². The highest BCUT2D eigenvalue weighted by atomic mass is 16.7. The highest BCUT2D eigenvalue weighted by Gasteiger charge is 2.16. The fourth-order valence-corrected chi connectivity index (χ4v) is 1.58. The molecule has 0 atom stereocenters. The molecule has 0 aromatic heterocycles. The molecular weight excluding hydrogens is 220 g/mol. The van der Waals surface area contributed by atoms with Crippen LogP contribution in [0.15, 0.2) is 24.8 Å². The number of hydrogen-bond acceptors (Lipinski definition) is 3. The molecule has 1 aromatic rings. The van der Waals surface area contributed by atoms with Crippen LogP contribution in [0.2, 0.25) is 0 Å². The number of benzene rings is 1. The smallest absolute Gasteiger partial charge is 0.339 e. The van der Waals surface area contributed by atoms with Gasteiger partial charge in [0.15, 0.2) is 6.79 Å². The molecule has 1 N–H and O–H groups in total. The number of carbonyl (C=O) groups is 1. The summed E-state index contributed by atoms with van der Waals surface area (Å²) in [5, 5.41) is 9.10. The van der Waals surface area contributed by atoms with E-state index in [1.165, 1.54) is 13.2 Å². The molecule has 0 spiro atoms. The second-order valence-electron chi connectivity index (χ2n) is 3.59. The second kappa shape index (κ2) is 6.06. The van der Waals surface area contributed by atoms with E-state index in [4.69, 9.17) is 14.6 Å². The Morgan fingerprint density at radius 3 is 2.76 bits per heavy atom. The Kier molecular flexibility index (Phi) is 4.72. The van der Waals surface area contributed by atoms with Crippen LogP contribution in [0.1, 0.15) is 21.5 Å². The fraction of sp³-hybridized carbons (Fsp3) is 0.308. The van der Waals surface area contributed by atoms with E-state index in [0.29, 0.717) is 12.2 Å². The lowest BCUT2D eigenvalue weighted by atomic mass is 10.0. The first-order valence-electron chi connectivity index (χ1n) is 5.20. The largest absolute Gasteiger partial charge is 0.478 e.